The van der Waals surface area contributed by atoms with Crippen molar-refractivity contribution in [3.8, 4) is 17.4 Å². The number of aromatic nitrogens is 3. The van der Waals surface area contributed by atoms with Crippen molar-refractivity contribution in [3.63, 3.8) is 0 Å². The van der Waals surface area contributed by atoms with Crippen LogP contribution in [0.1, 0.15) is 88.5 Å². The molecule has 0 bridgehead atoms. The molecule has 21 nitrogen and oxygen atoms in total. The number of Topliss-reactive ketones (excluding diaryl/α,β-unsaturated/α-hetero) is 1. The molecule has 3 aromatic heterocycles. The van der Waals surface area contributed by atoms with Crippen molar-refractivity contribution in [2.24, 2.45) is 17.6 Å². The fourth-order valence-corrected chi connectivity index (χ4v) is 9.41. The first-order valence-corrected chi connectivity index (χ1v) is 25.8. The number of hydrogen-bond donors (Lipinski definition) is 4. The van der Waals surface area contributed by atoms with E-state index in [0.29, 0.717) is 129 Å². The molecule has 7 rings (SSSR count). The topological polar surface area (TPSA) is 267 Å². The van der Waals surface area contributed by atoms with Gasteiger partial charge in [0.25, 0.3) is 11.8 Å². The standard InChI is InChI=1S/C54H67FN10O11/c1-34(2)50(61-46(67)9-5-4-6-22-64-48(68)16-17-49(64)69)43(66)28-36(8-7-21-57-53(56)71)52(70)60-37-12-10-35(11-13-37)33-76-54(72)65(32-38-29-44-45(31-58-38)75-27-26-74-44)39-18-23-63(24-19-39)25-20-40-41(55)30-59-42-14-15-47(73-3)62-51(40)42/h10-17,29-31,34,36,39,50H,4-9,18-28,32-33H2,1-3H3,(H,60,70)(H,61,67)(H3,56,57,71)/t36-,50+/m1/s1. The van der Waals surface area contributed by atoms with Crippen LogP contribution in [0.15, 0.2) is 67.0 Å². The summed E-state index contributed by atoms with van der Waals surface area (Å²) in [5, 5.41) is 8.24. The van der Waals surface area contributed by atoms with Gasteiger partial charge in [0, 0.05) is 93.1 Å². The van der Waals surface area contributed by atoms with E-state index in [1.54, 1.807) is 67.4 Å². The van der Waals surface area contributed by atoms with E-state index in [2.05, 4.69) is 35.8 Å². The number of benzene rings is 1. The van der Waals surface area contributed by atoms with E-state index in [9.17, 15) is 33.6 Å². The van der Waals surface area contributed by atoms with Gasteiger partial charge in [-0.15, -0.1) is 0 Å². The number of nitrogens with zero attached hydrogens (tertiary/aromatic N) is 6. The summed E-state index contributed by atoms with van der Waals surface area (Å²) in [4.78, 5) is 108. The molecule has 4 aromatic rings. The number of pyridine rings is 3. The highest BCUT2D eigenvalue weighted by atomic mass is 19.1. The number of imide groups is 1. The Bertz CT molecular complexity index is 2730. The Labute approximate surface area is 440 Å². The molecule has 406 valence electrons. The average molecular weight is 1050 g/mol. The smallest absolute Gasteiger partial charge is 0.410 e. The monoisotopic (exact) mass is 1050 g/mol. The summed E-state index contributed by atoms with van der Waals surface area (Å²) in [6.07, 6.45) is 8.52. The van der Waals surface area contributed by atoms with Gasteiger partial charge >= 0.3 is 12.1 Å². The van der Waals surface area contributed by atoms with Gasteiger partial charge in [0.1, 0.15) is 25.6 Å². The molecule has 0 radical (unpaired) electrons. The lowest BCUT2D eigenvalue weighted by Crippen LogP contribution is -2.47. The number of ether oxygens (including phenoxy) is 4. The number of methoxy groups -OCH3 is 1. The lowest BCUT2D eigenvalue weighted by molar-refractivity contribution is -0.137. The zero-order chi connectivity index (χ0) is 54.1. The predicted octanol–water partition coefficient (Wildman–Crippen LogP) is 5.38. The Morgan fingerprint density at radius 1 is 0.908 bits per heavy atom. The highest BCUT2D eigenvalue weighted by molar-refractivity contribution is 6.12. The van der Waals surface area contributed by atoms with Gasteiger partial charge in [-0.3, -0.25) is 43.7 Å². The number of primary amides is 1. The Morgan fingerprint density at radius 3 is 2.36 bits per heavy atom. The van der Waals surface area contributed by atoms with E-state index in [0.717, 1.165) is 4.90 Å². The second-order valence-corrected chi connectivity index (χ2v) is 19.4. The Kier molecular flexibility index (Phi) is 20.0. The van der Waals surface area contributed by atoms with Crippen LogP contribution in [-0.2, 0) is 48.3 Å². The fourth-order valence-electron chi connectivity index (χ4n) is 9.41. The van der Waals surface area contributed by atoms with Gasteiger partial charge in [0.15, 0.2) is 17.3 Å². The van der Waals surface area contributed by atoms with Gasteiger partial charge < -0.3 is 45.5 Å². The van der Waals surface area contributed by atoms with Gasteiger partial charge in [-0.25, -0.2) is 19.0 Å². The van der Waals surface area contributed by atoms with Gasteiger partial charge in [0.2, 0.25) is 17.7 Å². The zero-order valence-electron chi connectivity index (χ0n) is 43.2. The van der Waals surface area contributed by atoms with Crippen molar-refractivity contribution >= 4 is 58.3 Å². The number of carbonyl (C=O) groups excluding carboxylic acids is 7. The fraction of sp³-hybridized carbons (Fsp3) is 0.481. The van der Waals surface area contributed by atoms with Crippen LogP contribution in [0.3, 0.4) is 0 Å². The number of piperidine rings is 1. The number of nitrogens with one attached hydrogen (secondary N) is 3. The van der Waals surface area contributed by atoms with Crippen LogP contribution in [0.4, 0.5) is 19.7 Å². The molecule has 0 saturated carbocycles. The predicted molar refractivity (Wildman–Crippen MR) is 276 cm³/mol. The molecule has 0 spiro atoms. The summed E-state index contributed by atoms with van der Waals surface area (Å²) in [6.45, 7) is 6.77. The van der Waals surface area contributed by atoms with Crippen molar-refractivity contribution in [1.82, 2.24) is 40.3 Å². The Morgan fingerprint density at radius 2 is 1.64 bits per heavy atom. The summed E-state index contributed by atoms with van der Waals surface area (Å²) in [6, 6.07) is 10.2. The van der Waals surface area contributed by atoms with Crippen molar-refractivity contribution in [2.45, 2.75) is 103 Å². The molecule has 2 atom stereocenters. The molecule has 0 unspecified atom stereocenters. The minimum absolute atomic E-state index is 0.0775. The summed E-state index contributed by atoms with van der Waals surface area (Å²) in [7, 11) is 1.51. The summed E-state index contributed by atoms with van der Waals surface area (Å²) < 4.78 is 37.8. The number of urea groups is 1. The molecule has 22 heteroatoms. The Hall–Kier alpha value is -7.75. The highest BCUT2D eigenvalue weighted by Crippen LogP contribution is 2.31. The highest BCUT2D eigenvalue weighted by Gasteiger charge is 2.32. The van der Waals surface area contributed by atoms with Crippen molar-refractivity contribution < 1.29 is 56.9 Å². The van der Waals surface area contributed by atoms with Crippen molar-refractivity contribution in [2.75, 3.05) is 58.4 Å². The van der Waals surface area contributed by atoms with Crippen LogP contribution in [0.2, 0.25) is 0 Å². The lowest BCUT2D eigenvalue weighted by Gasteiger charge is -2.38. The zero-order valence-corrected chi connectivity index (χ0v) is 43.2. The molecular weight excluding hydrogens is 984 g/mol. The van der Waals surface area contributed by atoms with Crippen LogP contribution < -0.4 is 35.9 Å². The van der Waals surface area contributed by atoms with Crippen LogP contribution in [0, 0.1) is 17.7 Å². The molecule has 5 N–H and O–H groups in total. The molecule has 6 heterocycles. The van der Waals surface area contributed by atoms with Gasteiger partial charge in [-0.05, 0) is 74.6 Å². The first-order valence-electron chi connectivity index (χ1n) is 25.8. The number of hydrogen-bond acceptors (Lipinski definition) is 15. The van der Waals surface area contributed by atoms with Gasteiger partial charge in [0.05, 0.1) is 48.8 Å². The largest absolute Gasteiger partial charge is 0.486 e. The minimum Gasteiger partial charge on any atom is -0.486 e. The van der Waals surface area contributed by atoms with E-state index in [-0.39, 0.29) is 81.0 Å². The van der Waals surface area contributed by atoms with E-state index in [4.69, 9.17) is 24.7 Å². The molecule has 3 aliphatic heterocycles. The minimum atomic E-state index is -0.860. The maximum absolute atomic E-state index is 15.1. The van der Waals surface area contributed by atoms with Gasteiger partial charge in [-0.2, -0.15) is 0 Å². The number of rotatable bonds is 26. The van der Waals surface area contributed by atoms with E-state index in [1.807, 2.05) is 0 Å². The van der Waals surface area contributed by atoms with E-state index < -0.39 is 35.8 Å². The number of ketones is 1. The van der Waals surface area contributed by atoms with Crippen LogP contribution in [0.25, 0.3) is 11.0 Å². The summed E-state index contributed by atoms with van der Waals surface area (Å²) in [5.41, 5.74) is 8.44. The Balaban J connectivity index is 0.936. The quantitative estimate of drug-likeness (QED) is 0.0454. The number of fused-ring (bicyclic) bond motifs is 2. The van der Waals surface area contributed by atoms with E-state index in [1.165, 1.54) is 25.5 Å². The third-order valence-corrected chi connectivity index (χ3v) is 13.6. The molecule has 0 aliphatic carbocycles. The normalized spacial score (nSPS) is 15.4. The number of nitrogens with two attached hydrogens (primary N) is 1. The maximum atomic E-state index is 15.1. The third-order valence-electron chi connectivity index (χ3n) is 13.6. The average Bonchev–Trinajstić information content (AvgIpc) is 3.74. The van der Waals surface area contributed by atoms with Crippen LogP contribution in [-0.4, -0.2) is 136 Å². The van der Waals surface area contributed by atoms with Crippen LogP contribution in [0.5, 0.6) is 17.4 Å². The van der Waals surface area contributed by atoms with Crippen molar-refractivity contribution in [1.29, 1.82) is 0 Å². The first kappa shape index (κ1) is 56.0. The third kappa shape index (κ3) is 15.7. The summed E-state index contributed by atoms with van der Waals surface area (Å²) in [5.74, 6) is -1.88. The second kappa shape index (κ2) is 27.2. The molecule has 1 saturated heterocycles. The number of amides is 7. The molecular formula is C54H67FN10O11. The molecule has 76 heavy (non-hydrogen) atoms. The molecule has 1 aromatic carbocycles. The van der Waals surface area contributed by atoms with Crippen LogP contribution >= 0.6 is 0 Å². The summed E-state index contributed by atoms with van der Waals surface area (Å²) >= 11 is 0. The SMILES string of the molecule is COc1ccc2ncc(F)c(CCN3CCC(N(Cc4cc5c(cn4)OCCO5)C(=O)OCc4ccc(NC(=O)[C@H](CCCNC(N)=O)CC(=O)[C@@H](NC(=O)CCCCCN5C(=O)C=CC5=O)C(C)C)cc4)CC3)c2n1. The number of likely N-dealkylation sites (tertiary alicyclic amines) is 1. The van der Waals surface area contributed by atoms with Crippen molar-refractivity contribution in [3.05, 3.63) is 89.6 Å². The maximum Gasteiger partial charge on any atom is 0.410 e. The number of carbonyl (C=O) groups is 7. The number of anilines is 1. The van der Waals surface area contributed by atoms with E-state index >= 15 is 4.39 Å². The number of halogens is 1. The molecule has 3 aliphatic rings. The second-order valence-electron chi connectivity index (χ2n) is 19.4. The molecule has 1 fully saturated rings. The number of unbranched alkanes of at least 4 members (excludes halogenated alkanes) is 2. The first-order chi connectivity index (χ1) is 36.6. The molecule has 7 amide bonds. The lowest BCUT2D eigenvalue weighted by atomic mass is 9.89. The van der Waals surface area contributed by atoms with Gasteiger partial charge in [-0.1, -0.05) is 32.4 Å².